The third-order valence-electron chi connectivity index (χ3n) is 3.79. The number of thiocarbonyl (C=S) groups is 1. The first kappa shape index (κ1) is 23.2. The highest BCUT2D eigenvalue weighted by molar-refractivity contribution is 7.80. The van der Waals surface area contributed by atoms with Gasteiger partial charge < -0.3 is 9.47 Å². The van der Waals surface area contributed by atoms with Crippen molar-refractivity contribution in [3.8, 4) is 11.5 Å². The second-order valence-corrected chi connectivity index (χ2v) is 7.71. The number of hydrogen-bond acceptors (Lipinski definition) is 5. The van der Waals surface area contributed by atoms with Gasteiger partial charge in [0.15, 0.2) is 11.7 Å². The Morgan fingerprint density at radius 1 is 0.967 bits per heavy atom. The largest absolute Gasteiger partial charge is 0.493 e. The molecular formula is C22H27N3O4S. The van der Waals surface area contributed by atoms with Crippen LogP contribution in [0.2, 0.25) is 0 Å². The van der Waals surface area contributed by atoms with Crippen molar-refractivity contribution >= 4 is 29.1 Å². The van der Waals surface area contributed by atoms with E-state index in [-0.39, 0.29) is 11.7 Å². The molecule has 0 fully saturated rings. The molecule has 0 atom stereocenters. The van der Waals surface area contributed by atoms with Gasteiger partial charge in [-0.1, -0.05) is 26.0 Å². The first-order valence-electron chi connectivity index (χ1n) is 9.57. The van der Waals surface area contributed by atoms with Crippen molar-refractivity contribution in [1.82, 2.24) is 16.2 Å². The van der Waals surface area contributed by atoms with Gasteiger partial charge in [0.25, 0.3) is 11.8 Å². The van der Waals surface area contributed by atoms with E-state index in [1.54, 1.807) is 24.3 Å². The fraction of sp³-hybridized carbons (Fsp3) is 0.318. The molecule has 160 valence electrons. The van der Waals surface area contributed by atoms with Gasteiger partial charge in [0.2, 0.25) is 0 Å². The van der Waals surface area contributed by atoms with E-state index in [9.17, 15) is 9.59 Å². The summed E-state index contributed by atoms with van der Waals surface area (Å²) < 4.78 is 11.1. The van der Waals surface area contributed by atoms with Crippen LogP contribution in [0, 0.1) is 19.8 Å². The molecule has 0 heterocycles. The molecule has 3 N–H and O–H groups in total. The summed E-state index contributed by atoms with van der Waals surface area (Å²) in [4.78, 5) is 24.3. The van der Waals surface area contributed by atoms with Crippen molar-refractivity contribution in [3.05, 3.63) is 59.2 Å². The minimum absolute atomic E-state index is 0.0340. The molecule has 0 spiro atoms. The van der Waals surface area contributed by atoms with Crippen molar-refractivity contribution < 1.29 is 19.1 Å². The highest BCUT2D eigenvalue weighted by Crippen LogP contribution is 2.16. The number of benzene rings is 2. The number of rotatable bonds is 7. The maximum Gasteiger partial charge on any atom is 0.276 e. The van der Waals surface area contributed by atoms with Gasteiger partial charge in [0.05, 0.1) is 6.61 Å². The van der Waals surface area contributed by atoms with E-state index in [1.165, 1.54) is 0 Å². The number of nitrogens with one attached hydrogen (secondary N) is 3. The average molecular weight is 430 g/mol. The van der Waals surface area contributed by atoms with Gasteiger partial charge >= 0.3 is 0 Å². The van der Waals surface area contributed by atoms with Crippen LogP contribution in [0.15, 0.2) is 42.5 Å². The summed E-state index contributed by atoms with van der Waals surface area (Å²) in [7, 11) is 0. The van der Waals surface area contributed by atoms with Gasteiger partial charge in [-0.05, 0) is 73.4 Å². The van der Waals surface area contributed by atoms with E-state index in [0.717, 1.165) is 11.1 Å². The standard InChI is InChI=1S/C22H27N3O4S/c1-14(2)12-28-18-7-5-6-17(11-18)21(27)23-22(30)25-24-20(26)13-29-19-9-15(3)8-16(4)10-19/h5-11,14H,12-13H2,1-4H3,(H,24,26)(H2,23,25,27,30). The van der Waals surface area contributed by atoms with Gasteiger partial charge in [0, 0.05) is 5.56 Å². The molecule has 0 unspecified atom stereocenters. The molecular weight excluding hydrogens is 402 g/mol. The second kappa shape index (κ2) is 11.2. The summed E-state index contributed by atoms with van der Waals surface area (Å²) in [6, 6.07) is 12.5. The number of carbonyl (C=O) groups excluding carboxylic acids is 2. The number of amides is 2. The zero-order valence-corrected chi connectivity index (χ0v) is 18.4. The van der Waals surface area contributed by atoms with E-state index in [2.05, 4.69) is 16.2 Å². The third-order valence-corrected chi connectivity index (χ3v) is 3.99. The molecule has 30 heavy (non-hydrogen) atoms. The minimum atomic E-state index is -0.435. The van der Waals surface area contributed by atoms with Crippen molar-refractivity contribution in [2.45, 2.75) is 27.7 Å². The molecule has 7 nitrogen and oxygen atoms in total. The molecule has 0 bridgehead atoms. The Labute approximate surface area is 182 Å². The Bertz CT molecular complexity index is 895. The zero-order valence-electron chi connectivity index (χ0n) is 17.6. The fourth-order valence-corrected chi connectivity index (χ4v) is 2.67. The number of carbonyl (C=O) groups is 2. The number of aryl methyl sites for hydroxylation is 2. The third kappa shape index (κ3) is 8.08. The highest BCUT2D eigenvalue weighted by Gasteiger charge is 2.10. The summed E-state index contributed by atoms with van der Waals surface area (Å²) >= 11 is 5.05. The van der Waals surface area contributed by atoms with Crippen LogP contribution in [0.4, 0.5) is 0 Å². The van der Waals surface area contributed by atoms with E-state index < -0.39 is 11.8 Å². The van der Waals surface area contributed by atoms with E-state index in [0.29, 0.717) is 29.6 Å². The maximum atomic E-state index is 12.3. The normalized spacial score (nSPS) is 10.3. The summed E-state index contributed by atoms with van der Waals surface area (Å²) in [5.41, 5.74) is 7.36. The van der Waals surface area contributed by atoms with Crippen LogP contribution in [0.1, 0.15) is 35.3 Å². The second-order valence-electron chi connectivity index (χ2n) is 7.30. The molecule has 0 saturated heterocycles. The van der Waals surface area contributed by atoms with Gasteiger partial charge in [-0.25, -0.2) is 0 Å². The smallest absolute Gasteiger partial charge is 0.276 e. The van der Waals surface area contributed by atoms with Crippen LogP contribution in [0.3, 0.4) is 0 Å². The highest BCUT2D eigenvalue weighted by atomic mass is 32.1. The molecule has 0 radical (unpaired) electrons. The topological polar surface area (TPSA) is 88.7 Å². The molecule has 0 aliphatic carbocycles. The van der Waals surface area contributed by atoms with Crippen molar-refractivity contribution in [1.29, 1.82) is 0 Å². The molecule has 8 heteroatoms. The number of ether oxygens (including phenoxy) is 2. The van der Waals surface area contributed by atoms with E-state index in [4.69, 9.17) is 21.7 Å². The lowest BCUT2D eigenvalue weighted by molar-refractivity contribution is -0.123. The predicted octanol–water partition coefficient (Wildman–Crippen LogP) is 3.05. The molecule has 2 amide bonds. The lowest BCUT2D eigenvalue weighted by Gasteiger charge is -2.13. The summed E-state index contributed by atoms with van der Waals surface area (Å²) in [6.07, 6.45) is 0. The quantitative estimate of drug-likeness (QED) is 0.463. The van der Waals surface area contributed by atoms with E-state index in [1.807, 2.05) is 45.9 Å². The molecule has 2 aromatic carbocycles. The number of hydrazine groups is 1. The Kier molecular flexibility index (Phi) is 8.61. The zero-order chi connectivity index (χ0) is 22.1. The van der Waals surface area contributed by atoms with Gasteiger partial charge in [0.1, 0.15) is 11.5 Å². The summed E-state index contributed by atoms with van der Waals surface area (Å²) in [5, 5.41) is 2.47. The number of hydrogen-bond donors (Lipinski definition) is 3. The lowest BCUT2D eigenvalue weighted by atomic mass is 10.1. The molecule has 0 aliphatic heterocycles. The molecule has 0 saturated carbocycles. The Balaban J connectivity index is 1.77. The summed E-state index contributed by atoms with van der Waals surface area (Å²) in [5.74, 6) is 0.741. The Morgan fingerprint density at radius 2 is 1.67 bits per heavy atom. The van der Waals surface area contributed by atoms with Crippen molar-refractivity contribution in [2.24, 2.45) is 5.92 Å². The van der Waals surface area contributed by atoms with Gasteiger partial charge in [-0.2, -0.15) is 0 Å². The van der Waals surface area contributed by atoms with Crippen LogP contribution in [0.25, 0.3) is 0 Å². The molecule has 0 aliphatic rings. The Morgan fingerprint density at radius 3 is 2.33 bits per heavy atom. The van der Waals surface area contributed by atoms with E-state index >= 15 is 0 Å². The van der Waals surface area contributed by atoms with Crippen LogP contribution in [-0.4, -0.2) is 30.1 Å². The van der Waals surface area contributed by atoms with Gasteiger partial charge in [-0.3, -0.25) is 25.8 Å². The molecule has 2 aromatic rings. The monoisotopic (exact) mass is 429 g/mol. The summed E-state index contributed by atoms with van der Waals surface area (Å²) in [6.45, 7) is 8.36. The van der Waals surface area contributed by atoms with Gasteiger partial charge in [-0.15, -0.1) is 0 Å². The van der Waals surface area contributed by atoms with Crippen molar-refractivity contribution in [2.75, 3.05) is 13.2 Å². The predicted molar refractivity (Wildman–Crippen MR) is 120 cm³/mol. The maximum absolute atomic E-state index is 12.3. The Hall–Kier alpha value is -3.13. The SMILES string of the molecule is Cc1cc(C)cc(OCC(=O)NNC(=S)NC(=O)c2cccc(OCC(C)C)c2)c1. The lowest BCUT2D eigenvalue weighted by Crippen LogP contribution is -2.49. The molecule has 0 aromatic heterocycles. The minimum Gasteiger partial charge on any atom is -0.493 e. The fourth-order valence-electron chi connectivity index (χ4n) is 2.52. The average Bonchev–Trinajstić information content (AvgIpc) is 2.68. The first-order valence-corrected chi connectivity index (χ1v) is 9.98. The van der Waals surface area contributed by atoms with Crippen LogP contribution in [-0.2, 0) is 4.79 Å². The van der Waals surface area contributed by atoms with Crippen LogP contribution in [0.5, 0.6) is 11.5 Å². The first-order chi connectivity index (χ1) is 14.2. The molecule has 2 rings (SSSR count). The van der Waals surface area contributed by atoms with Crippen LogP contribution >= 0.6 is 12.2 Å². The van der Waals surface area contributed by atoms with Crippen molar-refractivity contribution in [3.63, 3.8) is 0 Å². The van der Waals surface area contributed by atoms with Crippen LogP contribution < -0.4 is 25.6 Å².